The molecule has 2 aromatic carbocycles. The van der Waals surface area contributed by atoms with Crippen molar-refractivity contribution in [1.82, 2.24) is 9.97 Å². The van der Waals surface area contributed by atoms with Crippen LogP contribution in [-0.4, -0.2) is 51.8 Å². The summed E-state index contributed by atoms with van der Waals surface area (Å²) in [4.78, 5) is 11.2. The SMILES string of the molecule is COc1ccc(S(=O)(=O)c2nc3ccccc3nc2N2CCOCC2)cc1. The number of nitrogens with zero attached hydrogens (tertiary/aromatic N) is 3. The summed E-state index contributed by atoms with van der Waals surface area (Å²) in [5.74, 6) is 0.958. The minimum absolute atomic E-state index is 0.0340. The molecule has 1 aliphatic heterocycles. The number of fused-ring (bicyclic) bond motifs is 1. The van der Waals surface area contributed by atoms with Crippen molar-refractivity contribution in [3.8, 4) is 5.75 Å². The molecule has 2 heterocycles. The van der Waals surface area contributed by atoms with E-state index in [1.807, 2.05) is 23.1 Å². The lowest BCUT2D eigenvalue weighted by Gasteiger charge is -2.29. The van der Waals surface area contributed by atoms with Crippen LogP contribution in [-0.2, 0) is 14.6 Å². The van der Waals surface area contributed by atoms with Crippen LogP contribution in [0.1, 0.15) is 0 Å². The summed E-state index contributed by atoms with van der Waals surface area (Å²) in [7, 11) is -2.31. The normalized spacial score (nSPS) is 15.1. The largest absolute Gasteiger partial charge is 0.497 e. The molecule has 4 rings (SSSR count). The number of para-hydroxylation sites is 2. The van der Waals surface area contributed by atoms with E-state index in [1.165, 1.54) is 19.2 Å². The van der Waals surface area contributed by atoms with Crippen molar-refractivity contribution in [1.29, 1.82) is 0 Å². The molecule has 8 heteroatoms. The van der Waals surface area contributed by atoms with E-state index in [9.17, 15) is 8.42 Å². The molecule has 0 unspecified atom stereocenters. The lowest BCUT2D eigenvalue weighted by atomic mass is 10.3. The van der Waals surface area contributed by atoms with Gasteiger partial charge in [-0.2, -0.15) is 0 Å². The summed E-state index contributed by atoms with van der Waals surface area (Å²) >= 11 is 0. The first-order valence-corrected chi connectivity index (χ1v) is 10.1. The number of aromatic nitrogens is 2. The molecule has 1 aliphatic rings. The van der Waals surface area contributed by atoms with Crippen LogP contribution in [0, 0.1) is 0 Å². The molecule has 0 bridgehead atoms. The first kappa shape index (κ1) is 17.7. The highest BCUT2D eigenvalue weighted by Crippen LogP contribution is 2.30. The molecule has 1 saturated heterocycles. The van der Waals surface area contributed by atoms with Gasteiger partial charge in [0.2, 0.25) is 14.9 Å². The van der Waals surface area contributed by atoms with E-state index in [1.54, 1.807) is 18.2 Å². The standard InChI is InChI=1S/C19H19N3O4S/c1-25-14-6-8-15(9-7-14)27(23,24)19-18(22-10-12-26-13-11-22)20-16-4-2-3-5-17(16)21-19/h2-9H,10-13H2,1H3. The van der Waals surface area contributed by atoms with Gasteiger partial charge in [0, 0.05) is 13.1 Å². The third-order valence-corrected chi connectivity index (χ3v) is 6.13. The van der Waals surface area contributed by atoms with Gasteiger partial charge < -0.3 is 14.4 Å². The molecule has 0 amide bonds. The van der Waals surface area contributed by atoms with E-state index >= 15 is 0 Å². The number of benzene rings is 2. The van der Waals surface area contributed by atoms with Crippen molar-refractivity contribution in [2.75, 3.05) is 38.3 Å². The van der Waals surface area contributed by atoms with Gasteiger partial charge in [-0.25, -0.2) is 18.4 Å². The van der Waals surface area contributed by atoms with E-state index in [4.69, 9.17) is 9.47 Å². The molecular formula is C19H19N3O4S. The Bertz CT molecular complexity index is 1060. The van der Waals surface area contributed by atoms with E-state index in [0.29, 0.717) is 48.9 Å². The maximum absolute atomic E-state index is 13.3. The molecular weight excluding hydrogens is 366 g/mol. The zero-order chi connectivity index (χ0) is 18.9. The van der Waals surface area contributed by atoms with Gasteiger partial charge in [0.25, 0.3) is 0 Å². The summed E-state index contributed by atoms with van der Waals surface area (Å²) in [5.41, 5.74) is 1.20. The third kappa shape index (κ3) is 3.33. The summed E-state index contributed by atoms with van der Waals surface area (Å²) < 4.78 is 37.2. The summed E-state index contributed by atoms with van der Waals surface area (Å²) in [5, 5.41) is -0.0340. The molecule has 0 N–H and O–H groups in total. The van der Waals surface area contributed by atoms with Crippen molar-refractivity contribution in [2.45, 2.75) is 9.92 Å². The third-order valence-electron chi connectivity index (χ3n) is 4.46. The number of hydrogen-bond donors (Lipinski definition) is 0. The number of anilines is 1. The van der Waals surface area contributed by atoms with Gasteiger partial charge in [0.05, 0.1) is 36.3 Å². The molecule has 27 heavy (non-hydrogen) atoms. The van der Waals surface area contributed by atoms with Crippen molar-refractivity contribution in [3.05, 3.63) is 48.5 Å². The summed E-state index contributed by atoms with van der Waals surface area (Å²) in [6.07, 6.45) is 0. The van der Waals surface area contributed by atoms with Crippen molar-refractivity contribution in [2.24, 2.45) is 0 Å². The fourth-order valence-corrected chi connectivity index (χ4v) is 4.35. The molecule has 3 aromatic rings. The summed E-state index contributed by atoms with van der Waals surface area (Å²) in [6.45, 7) is 2.18. The van der Waals surface area contributed by atoms with Crippen LogP contribution in [0.3, 0.4) is 0 Å². The van der Waals surface area contributed by atoms with Crippen LogP contribution in [0.4, 0.5) is 5.82 Å². The van der Waals surface area contributed by atoms with Crippen LogP contribution < -0.4 is 9.64 Å². The Morgan fingerprint density at radius 3 is 2.22 bits per heavy atom. The number of rotatable bonds is 4. The second-order valence-corrected chi connectivity index (χ2v) is 7.98. The van der Waals surface area contributed by atoms with E-state index in [0.717, 1.165) is 0 Å². The fraction of sp³-hybridized carbons (Fsp3) is 0.263. The topological polar surface area (TPSA) is 81.6 Å². The number of morpholine rings is 1. The van der Waals surface area contributed by atoms with Crippen LogP contribution in [0.15, 0.2) is 58.5 Å². The summed E-state index contributed by atoms with van der Waals surface area (Å²) in [6, 6.07) is 13.6. The predicted octanol–water partition coefficient (Wildman–Crippen LogP) is 2.31. The Morgan fingerprint density at radius 2 is 1.59 bits per heavy atom. The highest BCUT2D eigenvalue weighted by atomic mass is 32.2. The van der Waals surface area contributed by atoms with Crippen molar-refractivity contribution in [3.63, 3.8) is 0 Å². The predicted molar refractivity (Wildman–Crippen MR) is 101 cm³/mol. The Morgan fingerprint density at radius 1 is 0.963 bits per heavy atom. The molecule has 0 radical (unpaired) electrons. The lowest BCUT2D eigenvalue weighted by molar-refractivity contribution is 0.122. The molecule has 1 fully saturated rings. The van der Waals surface area contributed by atoms with E-state index in [-0.39, 0.29) is 9.92 Å². The van der Waals surface area contributed by atoms with Crippen LogP contribution in [0.5, 0.6) is 5.75 Å². The molecule has 0 saturated carbocycles. The highest BCUT2D eigenvalue weighted by molar-refractivity contribution is 7.91. The number of sulfone groups is 1. The highest BCUT2D eigenvalue weighted by Gasteiger charge is 2.29. The minimum Gasteiger partial charge on any atom is -0.497 e. The number of ether oxygens (including phenoxy) is 2. The van der Waals surface area contributed by atoms with Gasteiger partial charge in [-0.1, -0.05) is 12.1 Å². The monoisotopic (exact) mass is 385 g/mol. The van der Waals surface area contributed by atoms with E-state index in [2.05, 4.69) is 9.97 Å². The molecule has 1 aromatic heterocycles. The molecule has 0 spiro atoms. The molecule has 0 aliphatic carbocycles. The number of hydrogen-bond acceptors (Lipinski definition) is 7. The maximum Gasteiger partial charge on any atom is 0.227 e. The second-order valence-electron chi connectivity index (χ2n) is 6.12. The van der Waals surface area contributed by atoms with Crippen molar-refractivity contribution < 1.29 is 17.9 Å². The van der Waals surface area contributed by atoms with Gasteiger partial charge in [0.15, 0.2) is 5.82 Å². The van der Waals surface area contributed by atoms with Crippen LogP contribution in [0.25, 0.3) is 11.0 Å². The zero-order valence-electron chi connectivity index (χ0n) is 14.8. The Labute approximate surface area is 157 Å². The first-order valence-electron chi connectivity index (χ1n) is 8.58. The fourth-order valence-electron chi connectivity index (χ4n) is 3.00. The van der Waals surface area contributed by atoms with E-state index < -0.39 is 9.84 Å². The van der Waals surface area contributed by atoms with Gasteiger partial charge in [-0.15, -0.1) is 0 Å². The quantitative estimate of drug-likeness (QED) is 0.682. The van der Waals surface area contributed by atoms with Gasteiger partial charge in [0.1, 0.15) is 5.75 Å². The lowest BCUT2D eigenvalue weighted by Crippen LogP contribution is -2.38. The number of methoxy groups -OCH3 is 1. The van der Waals surface area contributed by atoms with Crippen molar-refractivity contribution >= 4 is 26.7 Å². The van der Waals surface area contributed by atoms with Gasteiger partial charge in [-0.05, 0) is 36.4 Å². The Kier molecular flexibility index (Phi) is 4.67. The molecule has 140 valence electrons. The molecule has 0 atom stereocenters. The zero-order valence-corrected chi connectivity index (χ0v) is 15.6. The van der Waals surface area contributed by atoms with Crippen LogP contribution >= 0.6 is 0 Å². The average Bonchev–Trinajstić information content (AvgIpc) is 2.73. The minimum atomic E-state index is -3.85. The van der Waals surface area contributed by atoms with Gasteiger partial charge >= 0.3 is 0 Å². The Balaban J connectivity index is 1.89. The van der Waals surface area contributed by atoms with Crippen LogP contribution in [0.2, 0.25) is 0 Å². The average molecular weight is 385 g/mol. The second kappa shape index (κ2) is 7.13. The first-order chi connectivity index (χ1) is 13.1. The maximum atomic E-state index is 13.3. The van der Waals surface area contributed by atoms with Gasteiger partial charge in [-0.3, -0.25) is 0 Å². The molecule has 7 nitrogen and oxygen atoms in total. The Hall–Kier alpha value is -2.71. The smallest absolute Gasteiger partial charge is 0.227 e.